The zero-order valence-corrected chi connectivity index (χ0v) is 7.31. The quantitative estimate of drug-likeness (QED) is 0.326. The van der Waals surface area contributed by atoms with Crippen molar-refractivity contribution in [1.82, 2.24) is 5.32 Å². The monoisotopic (exact) mass is 179 g/mol. The number of aliphatic hydroxyl groups is 4. The Bertz CT molecular complexity index is 120. The smallest absolute Gasteiger partial charge is 0.104 e. The molecule has 0 radical (unpaired) electrons. The lowest BCUT2D eigenvalue weighted by molar-refractivity contribution is -0.0528. The second-order valence-electron chi connectivity index (χ2n) is 2.80. The molecule has 5 nitrogen and oxygen atoms in total. The van der Waals surface area contributed by atoms with Gasteiger partial charge in [-0.05, 0) is 14.0 Å². The van der Waals surface area contributed by atoms with Crippen LogP contribution in [-0.4, -0.2) is 58.4 Å². The van der Waals surface area contributed by atoms with Crippen molar-refractivity contribution in [2.24, 2.45) is 0 Å². The number of nitrogens with one attached hydrogen (secondary N) is 1. The van der Waals surface area contributed by atoms with E-state index in [1.807, 2.05) is 0 Å². The summed E-state index contributed by atoms with van der Waals surface area (Å²) in [6.45, 7) is 0.973. The van der Waals surface area contributed by atoms with E-state index in [1.54, 1.807) is 7.05 Å². The molecule has 0 saturated carbocycles. The maximum absolute atomic E-state index is 9.32. The van der Waals surface area contributed by atoms with Crippen molar-refractivity contribution < 1.29 is 20.4 Å². The van der Waals surface area contributed by atoms with Crippen molar-refractivity contribution in [2.45, 2.75) is 31.3 Å². The number of hydrogen-bond donors (Lipinski definition) is 5. The van der Waals surface area contributed by atoms with Gasteiger partial charge in [-0.15, -0.1) is 0 Å². The average Bonchev–Trinajstić information content (AvgIpc) is 2.03. The van der Waals surface area contributed by atoms with Crippen LogP contribution in [0, 0.1) is 0 Å². The molecule has 4 unspecified atom stereocenters. The van der Waals surface area contributed by atoms with E-state index in [0.29, 0.717) is 0 Å². The molecule has 0 aromatic rings. The Balaban J connectivity index is 4.10. The van der Waals surface area contributed by atoms with E-state index >= 15 is 0 Å². The highest BCUT2D eigenvalue weighted by atomic mass is 16.4. The summed E-state index contributed by atoms with van der Waals surface area (Å²) in [5.41, 5.74) is 0. The molecule has 0 aliphatic rings. The maximum atomic E-state index is 9.32. The minimum atomic E-state index is -1.22. The molecule has 0 heterocycles. The van der Waals surface area contributed by atoms with E-state index in [9.17, 15) is 5.11 Å². The summed E-state index contributed by atoms with van der Waals surface area (Å²) < 4.78 is 0. The van der Waals surface area contributed by atoms with Crippen molar-refractivity contribution in [1.29, 1.82) is 0 Å². The predicted octanol–water partition coefficient (Wildman–Crippen LogP) is -2.33. The second-order valence-corrected chi connectivity index (χ2v) is 2.80. The Hall–Kier alpha value is -0.200. The normalized spacial score (nSPS) is 21.5. The maximum Gasteiger partial charge on any atom is 0.104 e. The van der Waals surface area contributed by atoms with E-state index in [1.165, 1.54) is 6.92 Å². The second kappa shape index (κ2) is 5.45. The van der Waals surface area contributed by atoms with E-state index in [2.05, 4.69) is 5.32 Å². The van der Waals surface area contributed by atoms with Crippen LogP contribution in [0.5, 0.6) is 0 Å². The van der Waals surface area contributed by atoms with E-state index in [-0.39, 0.29) is 0 Å². The lowest BCUT2D eigenvalue weighted by Gasteiger charge is -2.27. The summed E-state index contributed by atoms with van der Waals surface area (Å²) >= 11 is 0. The van der Waals surface area contributed by atoms with Crippen LogP contribution in [0.2, 0.25) is 0 Å². The molecule has 0 bridgehead atoms. The van der Waals surface area contributed by atoms with Crippen molar-refractivity contribution in [3.05, 3.63) is 0 Å². The van der Waals surface area contributed by atoms with Crippen LogP contribution in [-0.2, 0) is 0 Å². The van der Waals surface area contributed by atoms with E-state index in [0.717, 1.165) is 0 Å². The third kappa shape index (κ3) is 3.04. The fraction of sp³-hybridized carbons (Fsp3) is 1.00. The molecule has 5 N–H and O–H groups in total. The minimum Gasteiger partial charge on any atom is -0.394 e. The highest BCUT2D eigenvalue weighted by Crippen LogP contribution is 2.03. The standard InChI is InChI=1S/C7H17NO4/c1-4(10)6(8-2)7(12)5(11)3-9/h4-12H,3H2,1-2H3. The summed E-state index contributed by atoms with van der Waals surface area (Å²) in [5, 5.41) is 38.6. The van der Waals surface area contributed by atoms with Gasteiger partial charge in [-0.3, -0.25) is 0 Å². The summed E-state index contributed by atoms with van der Waals surface area (Å²) in [5.74, 6) is 0. The molecule has 0 rings (SSSR count). The van der Waals surface area contributed by atoms with Gasteiger partial charge >= 0.3 is 0 Å². The first-order valence-corrected chi connectivity index (χ1v) is 3.87. The zero-order chi connectivity index (χ0) is 9.72. The molecular formula is C7H17NO4. The number of rotatable bonds is 5. The molecule has 0 amide bonds. The van der Waals surface area contributed by atoms with E-state index in [4.69, 9.17) is 15.3 Å². The number of aliphatic hydroxyl groups excluding tert-OH is 4. The molecule has 12 heavy (non-hydrogen) atoms. The van der Waals surface area contributed by atoms with Crippen molar-refractivity contribution >= 4 is 0 Å². The molecular weight excluding hydrogens is 162 g/mol. The van der Waals surface area contributed by atoms with Crippen LogP contribution in [0.3, 0.4) is 0 Å². The molecule has 0 saturated heterocycles. The van der Waals surface area contributed by atoms with Crippen LogP contribution in [0.15, 0.2) is 0 Å². The molecule has 4 atom stereocenters. The summed E-state index contributed by atoms with van der Waals surface area (Å²) in [6, 6.07) is -0.632. The largest absolute Gasteiger partial charge is 0.394 e. The SMILES string of the molecule is CNC(C(C)O)C(O)C(O)CO. The highest BCUT2D eigenvalue weighted by molar-refractivity contribution is 4.83. The third-order valence-electron chi connectivity index (χ3n) is 1.80. The van der Waals surface area contributed by atoms with Gasteiger partial charge in [0.2, 0.25) is 0 Å². The van der Waals surface area contributed by atoms with Crippen LogP contribution in [0.25, 0.3) is 0 Å². The van der Waals surface area contributed by atoms with Gasteiger partial charge in [0.25, 0.3) is 0 Å². The van der Waals surface area contributed by atoms with Gasteiger partial charge < -0.3 is 25.7 Å². The third-order valence-corrected chi connectivity index (χ3v) is 1.80. The molecule has 74 valence electrons. The lowest BCUT2D eigenvalue weighted by atomic mass is 10.0. The molecule has 0 aromatic carbocycles. The van der Waals surface area contributed by atoms with Crippen molar-refractivity contribution in [3.63, 3.8) is 0 Å². The van der Waals surface area contributed by atoms with Crippen LogP contribution < -0.4 is 5.32 Å². The van der Waals surface area contributed by atoms with Gasteiger partial charge in [-0.25, -0.2) is 0 Å². The first-order chi connectivity index (χ1) is 5.54. The number of likely N-dealkylation sites (N-methyl/N-ethyl adjacent to an activating group) is 1. The van der Waals surface area contributed by atoms with Crippen LogP contribution >= 0.6 is 0 Å². The molecule has 0 aliphatic heterocycles. The fourth-order valence-electron chi connectivity index (χ4n) is 1.04. The molecule has 0 fully saturated rings. The van der Waals surface area contributed by atoms with Gasteiger partial charge in [0.1, 0.15) is 6.10 Å². The fourth-order valence-corrected chi connectivity index (χ4v) is 1.04. The Morgan fingerprint density at radius 1 is 1.25 bits per heavy atom. The molecule has 5 heteroatoms. The predicted molar refractivity (Wildman–Crippen MR) is 43.6 cm³/mol. The number of hydrogen-bond acceptors (Lipinski definition) is 5. The Morgan fingerprint density at radius 2 is 1.75 bits per heavy atom. The summed E-state index contributed by atoms with van der Waals surface area (Å²) in [7, 11) is 1.56. The molecule has 0 spiro atoms. The highest BCUT2D eigenvalue weighted by Gasteiger charge is 2.27. The lowest BCUT2D eigenvalue weighted by Crippen LogP contribution is -2.51. The zero-order valence-electron chi connectivity index (χ0n) is 7.31. The van der Waals surface area contributed by atoms with Gasteiger partial charge in [0, 0.05) is 0 Å². The summed E-state index contributed by atoms with van der Waals surface area (Å²) in [4.78, 5) is 0. The topological polar surface area (TPSA) is 93.0 Å². The van der Waals surface area contributed by atoms with Gasteiger partial charge in [0.05, 0.1) is 24.9 Å². The molecule has 0 aliphatic carbocycles. The Morgan fingerprint density at radius 3 is 2.00 bits per heavy atom. The van der Waals surface area contributed by atoms with Gasteiger partial charge in [-0.1, -0.05) is 0 Å². The molecule has 0 aromatic heterocycles. The van der Waals surface area contributed by atoms with Gasteiger partial charge in [0.15, 0.2) is 0 Å². The average molecular weight is 179 g/mol. The van der Waals surface area contributed by atoms with Crippen LogP contribution in [0.4, 0.5) is 0 Å². The first kappa shape index (κ1) is 11.8. The first-order valence-electron chi connectivity index (χ1n) is 3.87. The Kier molecular flexibility index (Phi) is 5.36. The van der Waals surface area contributed by atoms with Crippen LogP contribution in [0.1, 0.15) is 6.92 Å². The van der Waals surface area contributed by atoms with Gasteiger partial charge in [-0.2, -0.15) is 0 Å². The Labute approximate surface area is 71.7 Å². The van der Waals surface area contributed by atoms with Crippen molar-refractivity contribution in [3.8, 4) is 0 Å². The van der Waals surface area contributed by atoms with Crippen molar-refractivity contribution in [2.75, 3.05) is 13.7 Å². The minimum absolute atomic E-state index is 0.522. The van der Waals surface area contributed by atoms with E-state index < -0.39 is 31.0 Å². The summed E-state index contributed by atoms with van der Waals surface area (Å²) in [6.07, 6.45) is -3.18.